The van der Waals surface area contributed by atoms with Crippen molar-refractivity contribution >= 4 is 17.5 Å². The summed E-state index contributed by atoms with van der Waals surface area (Å²) in [5, 5.41) is 2.94. The fourth-order valence-corrected chi connectivity index (χ4v) is 2.91. The van der Waals surface area contributed by atoms with Gasteiger partial charge in [0.2, 0.25) is 11.8 Å². The molecule has 0 saturated heterocycles. The first-order valence-corrected chi connectivity index (χ1v) is 7.04. The van der Waals surface area contributed by atoms with E-state index in [1.54, 1.807) is 18.5 Å². The fourth-order valence-electron chi connectivity index (χ4n) is 2.91. The maximum Gasteiger partial charge on any atom is 0.231 e. The Morgan fingerprint density at radius 2 is 2.05 bits per heavy atom. The number of aromatic nitrogens is 1. The molecule has 2 rings (SSSR count). The van der Waals surface area contributed by atoms with E-state index in [1.807, 2.05) is 6.92 Å². The molecule has 1 aromatic heterocycles. The lowest BCUT2D eigenvalue weighted by atomic mass is 9.71. The van der Waals surface area contributed by atoms with Crippen molar-refractivity contribution in [2.45, 2.75) is 45.4 Å². The maximum atomic E-state index is 12.6. The second-order valence-corrected chi connectivity index (χ2v) is 5.63. The number of hydrogen-bond acceptors (Lipinski definition) is 3. The summed E-state index contributed by atoms with van der Waals surface area (Å²) >= 11 is 0. The average Bonchev–Trinajstić information content (AvgIpc) is 2.41. The van der Waals surface area contributed by atoms with E-state index < -0.39 is 11.3 Å². The van der Waals surface area contributed by atoms with Gasteiger partial charge in [-0.3, -0.25) is 14.6 Å². The highest BCUT2D eigenvalue weighted by Gasteiger charge is 2.40. The molecule has 1 fully saturated rings. The standard InChI is InChI=1S/C15H21N3O2/c1-11-10-17-8-5-12(11)18-14(20)15(9-13(16)19)6-3-2-4-7-15/h5,8,10H,2-4,6-7,9H2,1H3,(H2,16,19)(H,17,18,20). The summed E-state index contributed by atoms with van der Waals surface area (Å²) in [7, 11) is 0. The number of hydrogen-bond donors (Lipinski definition) is 2. The Hall–Kier alpha value is -1.91. The van der Waals surface area contributed by atoms with Gasteiger partial charge >= 0.3 is 0 Å². The molecule has 2 amide bonds. The molecule has 0 aliphatic heterocycles. The molecule has 0 atom stereocenters. The number of amides is 2. The van der Waals surface area contributed by atoms with Crippen LogP contribution in [0.4, 0.5) is 5.69 Å². The number of primary amides is 1. The number of nitrogens with zero attached hydrogens (tertiary/aromatic N) is 1. The van der Waals surface area contributed by atoms with Crippen molar-refractivity contribution in [2.75, 3.05) is 5.32 Å². The Bertz CT molecular complexity index is 508. The molecule has 0 unspecified atom stereocenters. The minimum absolute atomic E-state index is 0.0923. The van der Waals surface area contributed by atoms with Gasteiger partial charge in [-0.15, -0.1) is 0 Å². The molecular formula is C15H21N3O2. The van der Waals surface area contributed by atoms with Gasteiger partial charge in [0.05, 0.1) is 5.41 Å². The first-order valence-electron chi connectivity index (χ1n) is 7.04. The third-order valence-corrected chi connectivity index (χ3v) is 4.07. The summed E-state index contributed by atoms with van der Waals surface area (Å²) < 4.78 is 0. The zero-order valence-electron chi connectivity index (χ0n) is 11.8. The number of pyridine rings is 1. The van der Waals surface area contributed by atoms with Gasteiger partial charge in [-0.05, 0) is 31.4 Å². The molecule has 0 radical (unpaired) electrons. The summed E-state index contributed by atoms with van der Waals surface area (Å²) in [6.07, 6.45) is 7.98. The Morgan fingerprint density at radius 1 is 1.35 bits per heavy atom. The lowest BCUT2D eigenvalue weighted by molar-refractivity contribution is -0.133. The Kier molecular flexibility index (Phi) is 4.37. The molecule has 5 nitrogen and oxygen atoms in total. The van der Waals surface area contributed by atoms with E-state index in [4.69, 9.17) is 5.73 Å². The van der Waals surface area contributed by atoms with Gasteiger partial charge in [-0.2, -0.15) is 0 Å². The summed E-state index contributed by atoms with van der Waals surface area (Å²) in [5.74, 6) is -0.501. The zero-order valence-corrected chi connectivity index (χ0v) is 11.8. The van der Waals surface area contributed by atoms with Crippen LogP contribution in [0.5, 0.6) is 0 Å². The van der Waals surface area contributed by atoms with Gasteiger partial charge < -0.3 is 11.1 Å². The highest BCUT2D eigenvalue weighted by atomic mass is 16.2. The van der Waals surface area contributed by atoms with Gasteiger partial charge in [0.15, 0.2) is 0 Å². The maximum absolute atomic E-state index is 12.6. The smallest absolute Gasteiger partial charge is 0.231 e. The van der Waals surface area contributed by atoms with Crippen LogP contribution in [0.25, 0.3) is 0 Å². The molecule has 20 heavy (non-hydrogen) atoms. The largest absolute Gasteiger partial charge is 0.370 e. The van der Waals surface area contributed by atoms with Crippen molar-refractivity contribution in [1.29, 1.82) is 0 Å². The SMILES string of the molecule is Cc1cnccc1NC(=O)C1(CC(N)=O)CCCCC1. The van der Waals surface area contributed by atoms with Crippen molar-refractivity contribution < 1.29 is 9.59 Å². The van der Waals surface area contributed by atoms with Crippen LogP contribution in [0.3, 0.4) is 0 Å². The Balaban J connectivity index is 2.18. The van der Waals surface area contributed by atoms with Gasteiger partial charge in [0.1, 0.15) is 0 Å². The van der Waals surface area contributed by atoms with Crippen molar-refractivity contribution in [3.05, 3.63) is 24.0 Å². The third-order valence-electron chi connectivity index (χ3n) is 4.07. The predicted molar refractivity (Wildman–Crippen MR) is 76.9 cm³/mol. The van der Waals surface area contributed by atoms with Gasteiger partial charge in [0, 0.05) is 24.5 Å². The molecule has 1 aliphatic rings. The minimum atomic E-state index is -0.639. The quantitative estimate of drug-likeness (QED) is 0.883. The molecule has 0 aromatic carbocycles. The van der Waals surface area contributed by atoms with E-state index in [9.17, 15) is 9.59 Å². The summed E-state index contributed by atoms with van der Waals surface area (Å²) in [6, 6.07) is 1.77. The summed E-state index contributed by atoms with van der Waals surface area (Å²) in [4.78, 5) is 28.0. The topological polar surface area (TPSA) is 85.1 Å². The summed E-state index contributed by atoms with van der Waals surface area (Å²) in [5.41, 5.74) is 6.36. The van der Waals surface area contributed by atoms with Crippen molar-refractivity contribution in [3.8, 4) is 0 Å². The van der Waals surface area contributed by atoms with Gasteiger partial charge in [0.25, 0.3) is 0 Å². The molecule has 1 aromatic rings. The van der Waals surface area contributed by atoms with Crippen LogP contribution in [-0.4, -0.2) is 16.8 Å². The molecule has 5 heteroatoms. The lowest BCUT2D eigenvalue weighted by Crippen LogP contribution is -2.41. The van der Waals surface area contributed by atoms with E-state index in [-0.39, 0.29) is 12.3 Å². The molecule has 0 bridgehead atoms. The molecule has 1 aliphatic carbocycles. The molecule has 1 saturated carbocycles. The number of nitrogens with two attached hydrogens (primary N) is 1. The van der Waals surface area contributed by atoms with Gasteiger partial charge in [-0.25, -0.2) is 0 Å². The van der Waals surface area contributed by atoms with E-state index in [1.165, 1.54) is 0 Å². The Morgan fingerprint density at radius 3 is 2.65 bits per heavy atom. The van der Waals surface area contributed by atoms with Crippen LogP contribution in [0.15, 0.2) is 18.5 Å². The third kappa shape index (κ3) is 3.15. The first kappa shape index (κ1) is 14.5. The highest BCUT2D eigenvalue weighted by molar-refractivity contribution is 5.98. The zero-order chi connectivity index (χ0) is 14.6. The van der Waals surface area contributed by atoms with Crippen LogP contribution in [0, 0.1) is 12.3 Å². The minimum Gasteiger partial charge on any atom is -0.370 e. The van der Waals surface area contributed by atoms with E-state index in [0.29, 0.717) is 0 Å². The fraction of sp³-hybridized carbons (Fsp3) is 0.533. The molecule has 3 N–H and O–H groups in total. The normalized spacial score (nSPS) is 17.4. The van der Waals surface area contributed by atoms with Gasteiger partial charge in [-0.1, -0.05) is 19.3 Å². The summed E-state index contributed by atoms with van der Waals surface area (Å²) in [6.45, 7) is 1.89. The van der Waals surface area contributed by atoms with Crippen LogP contribution >= 0.6 is 0 Å². The van der Waals surface area contributed by atoms with Crippen molar-refractivity contribution in [3.63, 3.8) is 0 Å². The van der Waals surface area contributed by atoms with E-state index in [0.717, 1.165) is 43.4 Å². The monoisotopic (exact) mass is 275 g/mol. The highest BCUT2D eigenvalue weighted by Crippen LogP contribution is 2.40. The molecule has 1 heterocycles. The number of carbonyl (C=O) groups excluding carboxylic acids is 2. The lowest BCUT2D eigenvalue weighted by Gasteiger charge is -2.35. The number of carbonyl (C=O) groups is 2. The number of aryl methyl sites for hydroxylation is 1. The van der Waals surface area contributed by atoms with E-state index >= 15 is 0 Å². The van der Waals surface area contributed by atoms with E-state index in [2.05, 4.69) is 10.3 Å². The average molecular weight is 275 g/mol. The number of rotatable bonds is 4. The van der Waals surface area contributed by atoms with Crippen molar-refractivity contribution in [2.24, 2.45) is 11.1 Å². The second-order valence-electron chi connectivity index (χ2n) is 5.63. The molecule has 108 valence electrons. The Labute approximate surface area is 119 Å². The number of nitrogens with one attached hydrogen (secondary N) is 1. The predicted octanol–water partition coefficient (Wildman–Crippen LogP) is 2.15. The van der Waals surface area contributed by atoms with Crippen LogP contribution in [0.1, 0.15) is 44.1 Å². The molecular weight excluding hydrogens is 254 g/mol. The number of anilines is 1. The van der Waals surface area contributed by atoms with Crippen LogP contribution in [0.2, 0.25) is 0 Å². The second kappa shape index (κ2) is 6.03. The van der Waals surface area contributed by atoms with Crippen LogP contribution < -0.4 is 11.1 Å². The van der Waals surface area contributed by atoms with Crippen molar-refractivity contribution in [1.82, 2.24) is 4.98 Å². The first-order chi connectivity index (χ1) is 9.53. The van der Waals surface area contributed by atoms with Crippen LogP contribution in [-0.2, 0) is 9.59 Å². The molecule has 0 spiro atoms.